The van der Waals surface area contributed by atoms with Gasteiger partial charge in [0.1, 0.15) is 16.5 Å². The maximum absolute atomic E-state index is 12.6. The molecule has 20 heteroatoms. The van der Waals surface area contributed by atoms with Crippen molar-refractivity contribution in [3.05, 3.63) is 63.4 Å². The van der Waals surface area contributed by atoms with Crippen LogP contribution in [-0.2, 0) is 22.6 Å². The zero-order valence-corrected chi connectivity index (χ0v) is 34.4. The van der Waals surface area contributed by atoms with E-state index in [0.717, 1.165) is 68.6 Å². The van der Waals surface area contributed by atoms with Gasteiger partial charge in [0.15, 0.2) is 28.4 Å². The molecule has 5 N–H and O–H groups in total. The van der Waals surface area contributed by atoms with Gasteiger partial charge >= 0.3 is 23.7 Å². The number of pyridine rings is 2. The van der Waals surface area contributed by atoms with Gasteiger partial charge in [0.25, 0.3) is 6.01 Å². The zero-order chi connectivity index (χ0) is 41.9. The van der Waals surface area contributed by atoms with Gasteiger partial charge in [0.2, 0.25) is 0 Å². The van der Waals surface area contributed by atoms with Crippen molar-refractivity contribution in [2.75, 3.05) is 56.4 Å². The van der Waals surface area contributed by atoms with Crippen LogP contribution in [0, 0.1) is 5.92 Å². The van der Waals surface area contributed by atoms with Crippen molar-refractivity contribution in [1.29, 1.82) is 0 Å². The number of nitrogens with one attached hydrogen (secondary N) is 1. The summed E-state index contributed by atoms with van der Waals surface area (Å²) >= 11 is 5.84. The van der Waals surface area contributed by atoms with E-state index in [0.29, 0.717) is 59.9 Å². The molecule has 0 aromatic carbocycles. The maximum Gasteiger partial charge on any atom is 0.328 e. The molecule has 6 aromatic heterocycles. The number of hydrogen-bond acceptors (Lipinski definition) is 16. The van der Waals surface area contributed by atoms with Crippen LogP contribution in [0.1, 0.15) is 70.4 Å². The highest BCUT2D eigenvalue weighted by molar-refractivity contribution is 6.29. The minimum Gasteiger partial charge on any atom is -0.468 e. The number of nitrogens with two attached hydrogens (primary N) is 2. The quantitative estimate of drug-likeness (QED) is 0.0674. The summed E-state index contributed by atoms with van der Waals surface area (Å²) in [6, 6.07) is 8.25. The van der Waals surface area contributed by atoms with E-state index in [4.69, 9.17) is 42.0 Å². The van der Waals surface area contributed by atoms with Crippen molar-refractivity contribution in [2.24, 2.45) is 5.92 Å². The number of rotatable bonds is 16. The number of nitrogens with zero attached hydrogens (tertiary/aromatic N) is 10. The zero-order valence-electron chi connectivity index (χ0n) is 33.7. The standard InChI is InChI=1S/C23H31N7O4.C16H19ClN6O2/c1-3-5-12-34-22-27-19(24)18-20(28-22)30(23(32)26-18)14-15-6-7-17(25-13-15)29-10-8-16(9-11-29)21(31)33-4-2;1-3-4-7-25-15-21-13(18)12-14(22-15)23(16(20-12)24-2)9-10-5-6-11(17)19-8-10/h6-7,13,16H,3-5,8-12,14H2,1-2H3,(H,26,32)(H2,24,27,28);5-6,8H,3-4,7,9H2,1-2H3,(H2,18,21,22). The largest absolute Gasteiger partial charge is 0.468 e. The van der Waals surface area contributed by atoms with Crippen LogP contribution in [0.5, 0.6) is 18.0 Å². The Balaban J connectivity index is 0.000000208. The van der Waals surface area contributed by atoms with Crippen LogP contribution >= 0.6 is 11.6 Å². The number of fused-ring (bicyclic) bond motifs is 2. The molecule has 19 nitrogen and oxygen atoms in total. The number of imidazole rings is 2. The van der Waals surface area contributed by atoms with Gasteiger partial charge in [-0.15, -0.1) is 0 Å². The van der Waals surface area contributed by atoms with Crippen molar-refractivity contribution in [2.45, 2.75) is 72.4 Å². The summed E-state index contributed by atoms with van der Waals surface area (Å²) in [6.45, 7) is 9.63. The van der Waals surface area contributed by atoms with Crippen LogP contribution in [0.3, 0.4) is 0 Å². The number of piperidine rings is 1. The van der Waals surface area contributed by atoms with Crippen molar-refractivity contribution >= 4 is 57.4 Å². The van der Waals surface area contributed by atoms with E-state index in [1.54, 1.807) is 30.1 Å². The molecule has 0 amide bonds. The summed E-state index contributed by atoms with van der Waals surface area (Å²) < 4.78 is 25.0. The number of methoxy groups -OCH3 is 1. The fourth-order valence-corrected chi connectivity index (χ4v) is 6.48. The molecule has 7 rings (SSSR count). The number of unbranched alkanes of at least 4 members (excludes halogenated alkanes) is 2. The lowest BCUT2D eigenvalue weighted by Gasteiger charge is -2.31. The van der Waals surface area contributed by atoms with Crippen molar-refractivity contribution in [3.8, 4) is 18.0 Å². The second-order valence-electron chi connectivity index (χ2n) is 13.8. The molecule has 1 aliphatic heterocycles. The predicted octanol–water partition coefficient (Wildman–Crippen LogP) is 4.80. The molecular formula is C39H50ClN13O6. The van der Waals surface area contributed by atoms with Gasteiger partial charge in [-0.25, -0.2) is 14.8 Å². The van der Waals surface area contributed by atoms with Gasteiger partial charge < -0.3 is 40.3 Å². The van der Waals surface area contributed by atoms with E-state index in [2.05, 4.69) is 58.6 Å². The Morgan fingerprint density at radius 3 is 2.05 bits per heavy atom. The molecule has 0 radical (unpaired) electrons. The number of ether oxygens (including phenoxy) is 4. The fraction of sp³-hybridized carbons (Fsp3) is 0.462. The average molecular weight is 832 g/mol. The Kier molecular flexibility index (Phi) is 14.3. The number of esters is 1. The molecule has 314 valence electrons. The van der Waals surface area contributed by atoms with Crippen LogP contribution in [0.25, 0.3) is 22.3 Å². The Hall–Kier alpha value is -6.24. The molecule has 59 heavy (non-hydrogen) atoms. The molecule has 1 saturated heterocycles. The number of carbonyl (C=O) groups is 1. The highest BCUT2D eigenvalue weighted by atomic mass is 35.5. The molecular weight excluding hydrogens is 782 g/mol. The number of aromatic nitrogens is 10. The molecule has 1 aliphatic rings. The van der Waals surface area contributed by atoms with Gasteiger partial charge in [-0.05, 0) is 55.9 Å². The van der Waals surface area contributed by atoms with E-state index >= 15 is 0 Å². The number of halogens is 1. The molecule has 6 aromatic rings. The summed E-state index contributed by atoms with van der Waals surface area (Å²) in [5.41, 5.74) is 15.3. The second-order valence-corrected chi connectivity index (χ2v) is 14.2. The Morgan fingerprint density at radius 1 is 0.831 bits per heavy atom. The van der Waals surface area contributed by atoms with Crippen LogP contribution in [0.4, 0.5) is 17.5 Å². The van der Waals surface area contributed by atoms with Gasteiger partial charge in [-0.2, -0.15) is 24.9 Å². The molecule has 0 bridgehead atoms. The summed E-state index contributed by atoms with van der Waals surface area (Å²) in [5.74, 6) is 1.11. The van der Waals surface area contributed by atoms with Gasteiger partial charge in [-0.3, -0.25) is 13.9 Å². The first-order valence-corrected chi connectivity index (χ1v) is 20.1. The summed E-state index contributed by atoms with van der Waals surface area (Å²) in [5, 5.41) is 0.435. The number of aromatic amines is 1. The first-order chi connectivity index (χ1) is 28.6. The van der Waals surface area contributed by atoms with E-state index in [1.807, 2.05) is 25.1 Å². The lowest BCUT2D eigenvalue weighted by molar-refractivity contribution is -0.148. The predicted molar refractivity (Wildman–Crippen MR) is 223 cm³/mol. The minimum absolute atomic E-state index is 0.0468. The third kappa shape index (κ3) is 10.4. The normalized spacial score (nSPS) is 13.0. The van der Waals surface area contributed by atoms with Gasteiger partial charge in [0.05, 0.1) is 45.9 Å². The number of hydrogen-bond donors (Lipinski definition) is 3. The summed E-state index contributed by atoms with van der Waals surface area (Å²) in [4.78, 5) is 59.6. The average Bonchev–Trinajstić information content (AvgIpc) is 3.76. The molecule has 1 fully saturated rings. The van der Waals surface area contributed by atoms with Crippen LogP contribution in [-0.4, -0.2) is 95.0 Å². The smallest absolute Gasteiger partial charge is 0.328 e. The fourth-order valence-electron chi connectivity index (χ4n) is 6.37. The van der Waals surface area contributed by atoms with Crippen LogP contribution < -0.4 is 36.3 Å². The highest BCUT2D eigenvalue weighted by Gasteiger charge is 2.27. The second kappa shape index (κ2) is 20.0. The highest BCUT2D eigenvalue weighted by Crippen LogP contribution is 2.27. The molecule has 7 heterocycles. The molecule has 0 spiro atoms. The topological polar surface area (TPSA) is 242 Å². The first-order valence-electron chi connectivity index (χ1n) is 19.7. The molecule has 0 atom stereocenters. The summed E-state index contributed by atoms with van der Waals surface area (Å²) in [6.07, 6.45) is 8.73. The third-order valence-corrected chi connectivity index (χ3v) is 9.78. The van der Waals surface area contributed by atoms with Crippen molar-refractivity contribution in [1.82, 2.24) is 49.0 Å². The number of anilines is 3. The Bertz CT molecular complexity index is 2380. The van der Waals surface area contributed by atoms with E-state index in [1.165, 1.54) is 4.57 Å². The third-order valence-electron chi connectivity index (χ3n) is 9.55. The molecule has 0 unspecified atom stereocenters. The number of H-pyrrole nitrogens is 1. The van der Waals surface area contributed by atoms with Crippen LogP contribution in [0.2, 0.25) is 5.15 Å². The lowest BCUT2D eigenvalue weighted by atomic mass is 9.97. The van der Waals surface area contributed by atoms with Crippen molar-refractivity contribution < 1.29 is 23.7 Å². The van der Waals surface area contributed by atoms with Gasteiger partial charge in [0, 0.05) is 25.5 Å². The van der Waals surface area contributed by atoms with Crippen LogP contribution in [0.15, 0.2) is 41.5 Å². The lowest BCUT2D eigenvalue weighted by Crippen LogP contribution is -2.37. The number of nitrogen functional groups attached to an aromatic ring is 2. The number of carbonyl (C=O) groups excluding carboxylic acids is 1. The Labute approximate surface area is 345 Å². The Morgan fingerprint density at radius 2 is 1.46 bits per heavy atom. The monoisotopic (exact) mass is 831 g/mol. The molecule has 0 aliphatic carbocycles. The first kappa shape index (κ1) is 42.4. The van der Waals surface area contributed by atoms with E-state index < -0.39 is 0 Å². The van der Waals surface area contributed by atoms with E-state index in [-0.39, 0.29) is 47.8 Å². The minimum atomic E-state index is -0.327. The van der Waals surface area contributed by atoms with E-state index in [9.17, 15) is 9.59 Å². The SMILES string of the molecule is CCCCOc1nc(N)c2[nH]c(=O)n(Cc3ccc(N4CCC(C(=O)OCC)CC4)nc3)c2n1.CCCCOc1nc(N)c2nc(OC)n(Cc3ccc(Cl)nc3)c2n1. The van der Waals surface area contributed by atoms with Gasteiger partial charge in [-0.1, -0.05) is 50.4 Å². The summed E-state index contributed by atoms with van der Waals surface area (Å²) in [7, 11) is 1.54. The maximum atomic E-state index is 12.6. The van der Waals surface area contributed by atoms with Crippen molar-refractivity contribution in [3.63, 3.8) is 0 Å². The molecule has 0 saturated carbocycles.